The molecule has 4 rings (SSSR count). The van der Waals surface area contributed by atoms with E-state index in [4.69, 9.17) is 19.3 Å². The maximum atomic E-state index is 11.2. The Labute approximate surface area is 218 Å². The zero-order valence-electron chi connectivity index (χ0n) is 23.1. The minimum atomic E-state index is -0.646. The van der Waals surface area contributed by atoms with Crippen LogP contribution in [0.4, 0.5) is 0 Å². The molecule has 0 bridgehead atoms. The summed E-state index contributed by atoms with van der Waals surface area (Å²) in [5.41, 5.74) is 0.864. The second kappa shape index (κ2) is 12.4. The summed E-state index contributed by atoms with van der Waals surface area (Å²) in [6.07, 6.45) is 13.3. The number of carbonyl (C=O) groups is 1. The van der Waals surface area contributed by atoms with Gasteiger partial charge in [0, 0.05) is 6.42 Å². The number of aliphatic carboxylic acids is 1. The van der Waals surface area contributed by atoms with Crippen molar-refractivity contribution < 1.29 is 29.2 Å². The molecule has 0 radical (unpaired) electrons. The van der Waals surface area contributed by atoms with Gasteiger partial charge in [0.25, 0.3) is 0 Å². The van der Waals surface area contributed by atoms with Gasteiger partial charge in [0.15, 0.2) is 0 Å². The fraction of sp³-hybridized carbons (Fsp3) is 0.967. The number of aliphatic hydroxyl groups excluding tert-OH is 1. The Bertz CT molecular complexity index is 714. The molecule has 2 N–H and O–H groups in total. The van der Waals surface area contributed by atoms with Crippen LogP contribution < -0.4 is 0 Å². The van der Waals surface area contributed by atoms with Gasteiger partial charge in [-0.2, -0.15) is 0 Å². The van der Waals surface area contributed by atoms with Gasteiger partial charge in [-0.05, 0) is 111 Å². The molecule has 4 aliphatic carbocycles. The smallest absolute Gasteiger partial charge is 0.303 e. The average Bonchev–Trinajstić information content (AvgIpc) is 3.21. The van der Waals surface area contributed by atoms with Crippen LogP contribution in [0.3, 0.4) is 0 Å². The fourth-order valence-electron chi connectivity index (χ4n) is 9.56. The average molecular weight is 509 g/mol. The molecule has 0 aromatic rings. The number of aliphatic hydroxyl groups is 1. The molecule has 4 aliphatic rings. The maximum Gasteiger partial charge on any atom is 0.303 e. The third-order valence-corrected chi connectivity index (χ3v) is 11.4. The molecule has 9 atom stereocenters. The molecule has 0 heterocycles. The van der Waals surface area contributed by atoms with Crippen molar-refractivity contribution in [2.75, 3.05) is 39.6 Å². The number of fused-ring (bicyclic) bond motifs is 5. The van der Waals surface area contributed by atoms with Crippen molar-refractivity contribution in [2.45, 2.75) is 97.5 Å². The summed E-state index contributed by atoms with van der Waals surface area (Å²) in [5.74, 6) is 3.89. The highest BCUT2D eigenvalue weighted by Gasteiger charge is 2.60. The minimum Gasteiger partial charge on any atom is -0.481 e. The molecular weight excluding hydrogens is 456 g/mol. The van der Waals surface area contributed by atoms with Gasteiger partial charge in [0.05, 0.1) is 45.7 Å². The number of hydrogen-bond donors (Lipinski definition) is 2. The number of ether oxygens (including phenoxy) is 3. The summed E-state index contributed by atoms with van der Waals surface area (Å²) in [6, 6.07) is 0. The molecule has 4 fully saturated rings. The van der Waals surface area contributed by atoms with Gasteiger partial charge >= 0.3 is 5.97 Å². The van der Waals surface area contributed by atoms with Crippen LogP contribution in [0.1, 0.15) is 91.4 Å². The van der Waals surface area contributed by atoms with Crippen molar-refractivity contribution in [3.05, 3.63) is 0 Å². The largest absolute Gasteiger partial charge is 0.481 e. The molecule has 6 heteroatoms. The van der Waals surface area contributed by atoms with E-state index in [1.807, 2.05) is 0 Å². The van der Waals surface area contributed by atoms with Crippen LogP contribution in [-0.4, -0.2) is 61.9 Å². The highest BCUT2D eigenvalue weighted by atomic mass is 16.5. The summed E-state index contributed by atoms with van der Waals surface area (Å²) >= 11 is 0. The van der Waals surface area contributed by atoms with Crippen LogP contribution in [0.25, 0.3) is 0 Å². The second-order valence-electron chi connectivity index (χ2n) is 13.0. The summed E-state index contributed by atoms with van der Waals surface area (Å²) in [4.78, 5) is 11.2. The SMILES string of the molecule is C[C@H](CCC(=O)O)C1CCC2[C@@H]3CC[C@@H]4C[C@@H](OCCOCCOCCO)CC[C@]4(C)C3CC[C@@]21C. The third-order valence-electron chi connectivity index (χ3n) is 11.4. The zero-order valence-corrected chi connectivity index (χ0v) is 23.1. The first-order valence-corrected chi connectivity index (χ1v) is 14.9. The van der Waals surface area contributed by atoms with E-state index >= 15 is 0 Å². The Hall–Kier alpha value is -0.690. The second-order valence-corrected chi connectivity index (χ2v) is 13.0. The van der Waals surface area contributed by atoms with E-state index in [0.717, 1.165) is 30.1 Å². The van der Waals surface area contributed by atoms with Crippen molar-refractivity contribution in [3.8, 4) is 0 Å². The lowest BCUT2D eigenvalue weighted by molar-refractivity contribution is -0.140. The molecule has 6 nitrogen and oxygen atoms in total. The fourth-order valence-corrected chi connectivity index (χ4v) is 9.56. The molecule has 4 saturated carbocycles. The predicted molar refractivity (Wildman–Crippen MR) is 140 cm³/mol. The first-order chi connectivity index (χ1) is 17.3. The number of rotatable bonds is 13. The molecule has 0 aromatic carbocycles. The van der Waals surface area contributed by atoms with Crippen LogP contribution >= 0.6 is 0 Å². The Morgan fingerprint density at radius 1 is 0.889 bits per heavy atom. The Balaban J connectivity index is 1.27. The van der Waals surface area contributed by atoms with Crippen molar-refractivity contribution in [1.82, 2.24) is 0 Å². The predicted octanol–water partition coefficient (Wildman–Crippen LogP) is 5.56. The summed E-state index contributed by atoms with van der Waals surface area (Å²) < 4.78 is 17.1. The molecule has 0 aromatic heterocycles. The molecule has 0 amide bonds. The molecular formula is C30H52O6. The van der Waals surface area contributed by atoms with Crippen molar-refractivity contribution in [2.24, 2.45) is 46.3 Å². The molecule has 0 saturated heterocycles. The Morgan fingerprint density at radius 2 is 1.58 bits per heavy atom. The van der Waals surface area contributed by atoms with Crippen LogP contribution in [0, 0.1) is 46.3 Å². The lowest BCUT2D eigenvalue weighted by Gasteiger charge is -2.61. The van der Waals surface area contributed by atoms with Gasteiger partial charge in [-0.3, -0.25) is 4.79 Å². The topological polar surface area (TPSA) is 85.2 Å². The van der Waals surface area contributed by atoms with Crippen LogP contribution in [-0.2, 0) is 19.0 Å². The first kappa shape index (κ1) is 28.3. The van der Waals surface area contributed by atoms with Gasteiger partial charge in [-0.1, -0.05) is 20.8 Å². The van der Waals surface area contributed by atoms with Crippen LogP contribution in [0.5, 0.6) is 0 Å². The van der Waals surface area contributed by atoms with E-state index < -0.39 is 5.97 Å². The highest BCUT2D eigenvalue weighted by molar-refractivity contribution is 5.66. The standard InChI is InChI=1S/C30H52O6/c1-21(4-9-28(32)33)25-7-8-26-24-6-5-22-20-23(36-19-18-35-17-16-34-15-14-31)10-12-29(22,2)27(24)11-13-30(25,26)3/h21-27,31H,4-20H2,1-3H3,(H,32,33)/t21-,22-,23+,24+,25?,26?,27?,29+,30-/m1/s1. The maximum absolute atomic E-state index is 11.2. The third kappa shape index (κ3) is 5.97. The number of carboxylic acids is 1. The number of carboxylic acid groups (broad SMARTS) is 1. The monoisotopic (exact) mass is 508 g/mol. The van der Waals surface area contributed by atoms with E-state index in [0.29, 0.717) is 68.2 Å². The normalized spacial score (nSPS) is 40.8. The van der Waals surface area contributed by atoms with E-state index in [-0.39, 0.29) is 6.61 Å². The Kier molecular flexibility index (Phi) is 9.79. The van der Waals surface area contributed by atoms with Crippen molar-refractivity contribution in [1.29, 1.82) is 0 Å². The quantitative estimate of drug-likeness (QED) is 0.317. The van der Waals surface area contributed by atoms with E-state index in [9.17, 15) is 9.90 Å². The van der Waals surface area contributed by atoms with Gasteiger partial charge < -0.3 is 24.4 Å². The lowest BCUT2D eigenvalue weighted by atomic mass is 9.44. The summed E-state index contributed by atoms with van der Waals surface area (Å²) in [7, 11) is 0. The van der Waals surface area contributed by atoms with Gasteiger partial charge in [-0.25, -0.2) is 0 Å². The molecule has 208 valence electrons. The first-order valence-electron chi connectivity index (χ1n) is 14.9. The van der Waals surface area contributed by atoms with Crippen LogP contribution in [0.15, 0.2) is 0 Å². The summed E-state index contributed by atoms with van der Waals surface area (Å²) in [5, 5.41) is 17.9. The lowest BCUT2D eigenvalue weighted by Crippen LogP contribution is -2.54. The van der Waals surface area contributed by atoms with E-state index in [1.54, 1.807) is 0 Å². The molecule has 0 spiro atoms. The zero-order chi connectivity index (χ0) is 25.8. The minimum absolute atomic E-state index is 0.0563. The molecule has 36 heavy (non-hydrogen) atoms. The number of hydrogen-bond acceptors (Lipinski definition) is 5. The highest BCUT2D eigenvalue weighted by Crippen LogP contribution is 2.68. The summed E-state index contributed by atoms with van der Waals surface area (Å²) in [6.45, 7) is 10.3. The van der Waals surface area contributed by atoms with E-state index in [1.165, 1.54) is 57.8 Å². The van der Waals surface area contributed by atoms with Crippen LogP contribution in [0.2, 0.25) is 0 Å². The van der Waals surface area contributed by atoms with Gasteiger partial charge in [-0.15, -0.1) is 0 Å². The van der Waals surface area contributed by atoms with Gasteiger partial charge in [0.2, 0.25) is 0 Å². The van der Waals surface area contributed by atoms with Crippen molar-refractivity contribution in [3.63, 3.8) is 0 Å². The molecule has 0 aliphatic heterocycles. The van der Waals surface area contributed by atoms with E-state index in [2.05, 4.69) is 20.8 Å². The van der Waals surface area contributed by atoms with Crippen molar-refractivity contribution >= 4 is 5.97 Å². The molecule has 3 unspecified atom stereocenters. The van der Waals surface area contributed by atoms with Gasteiger partial charge in [0.1, 0.15) is 0 Å². The Morgan fingerprint density at radius 3 is 2.33 bits per heavy atom.